The molecule has 0 aromatic heterocycles. The molecule has 150 valence electrons. The summed E-state index contributed by atoms with van der Waals surface area (Å²) >= 11 is 0. The van der Waals surface area contributed by atoms with Crippen LogP contribution in [0.25, 0.3) is 0 Å². The van der Waals surface area contributed by atoms with E-state index in [0.29, 0.717) is 25.5 Å². The first-order valence-electron chi connectivity index (χ1n) is 7.97. The van der Waals surface area contributed by atoms with Gasteiger partial charge in [0.05, 0.1) is 12.8 Å². The summed E-state index contributed by atoms with van der Waals surface area (Å²) in [4.78, 5) is 4.34. The van der Waals surface area contributed by atoms with Gasteiger partial charge in [-0.2, -0.15) is 0 Å². The average Bonchev–Trinajstić information content (AvgIpc) is 2.46. The number of halogens is 3. The number of sulfonamides is 1. The van der Waals surface area contributed by atoms with Crippen LogP contribution in [0.5, 0.6) is 0 Å². The first-order valence-corrected chi connectivity index (χ1v) is 9.86. The quantitative estimate of drug-likeness (QED) is 0.288. The third-order valence-electron chi connectivity index (χ3n) is 3.13. The molecule has 0 fully saturated rings. The Labute approximate surface area is 171 Å². The van der Waals surface area contributed by atoms with E-state index >= 15 is 0 Å². The summed E-state index contributed by atoms with van der Waals surface area (Å²) in [6.45, 7) is 6.52. The van der Waals surface area contributed by atoms with Crippen LogP contribution in [0, 0.1) is 11.6 Å². The minimum atomic E-state index is -3.34. The maximum atomic E-state index is 13.6. The van der Waals surface area contributed by atoms with Crippen molar-refractivity contribution >= 4 is 40.0 Å². The molecule has 0 aliphatic heterocycles. The molecule has 0 heterocycles. The molecule has 3 N–H and O–H groups in total. The predicted molar refractivity (Wildman–Crippen MR) is 112 cm³/mol. The second-order valence-corrected chi connectivity index (χ2v) is 8.11. The van der Waals surface area contributed by atoms with Crippen molar-refractivity contribution in [2.24, 2.45) is 4.99 Å². The average molecular weight is 504 g/mol. The van der Waals surface area contributed by atoms with Gasteiger partial charge in [-0.15, -0.1) is 24.0 Å². The van der Waals surface area contributed by atoms with Crippen molar-refractivity contribution in [1.82, 2.24) is 15.4 Å². The van der Waals surface area contributed by atoms with Crippen LogP contribution < -0.4 is 15.4 Å². The van der Waals surface area contributed by atoms with E-state index in [9.17, 15) is 17.2 Å². The Kier molecular flexibility index (Phi) is 10.5. The fourth-order valence-electron chi connectivity index (χ4n) is 2.20. The second kappa shape index (κ2) is 11.0. The fourth-order valence-corrected chi connectivity index (χ4v) is 3.27. The van der Waals surface area contributed by atoms with E-state index in [1.54, 1.807) is 13.8 Å². The van der Waals surface area contributed by atoms with E-state index in [2.05, 4.69) is 20.3 Å². The van der Waals surface area contributed by atoms with Crippen LogP contribution in [-0.2, 0) is 16.4 Å². The minimum Gasteiger partial charge on any atom is -0.357 e. The summed E-state index contributed by atoms with van der Waals surface area (Å²) < 4.78 is 52.0. The summed E-state index contributed by atoms with van der Waals surface area (Å²) in [6, 6.07) is 3.35. The smallest absolute Gasteiger partial charge is 0.209 e. The largest absolute Gasteiger partial charge is 0.357 e. The normalized spacial score (nSPS) is 12.5. The molecular formula is C16H27F2IN4O2S. The molecule has 26 heavy (non-hydrogen) atoms. The van der Waals surface area contributed by atoms with Gasteiger partial charge in [-0.1, -0.05) is 0 Å². The zero-order valence-electron chi connectivity index (χ0n) is 15.4. The van der Waals surface area contributed by atoms with Crippen LogP contribution in [0.4, 0.5) is 8.78 Å². The molecule has 0 saturated carbocycles. The lowest BCUT2D eigenvalue weighted by molar-refractivity contribution is 0.464. The highest BCUT2D eigenvalue weighted by Gasteiger charge is 2.21. The van der Waals surface area contributed by atoms with Crippen LogP contribution in [0.3, 0.4) is 0 Å². The van der Waals surface area contributed by atoms with Crippen LogP contribution in [0.2, 0.25) is 0 Å². The Hall–Kier alpha value is -1.01. The van der Waals surface area contributed by atoms with E-state index in [-0.39, 0.29) is 36.1 Å². The molecular weight excluding hydrogens is 477 g/mol. The van der Waals surface area contributed by atoms with Crippen molar-refractivity contribution in [3.8, 4) is 0 Å². The van der Waals surface area contributed by atoms with Gasteiger partial charge in [-0.25, -0.2) is 21.9 Å². The topological polar surface area (TPSA) is 82.6 Å². The molecule has 0 radical (unpaired) electrons. The maximum Gasteiger partial charge on any atom is 0.209 e. The first kappa shape index (κ1) is 25.0. The Bertz CT molecular complexity index is 712. The number of hydrogen-bond acceptors (Lipinski definition) is 3. The second-order valence-electron chi connectivity index (χ2n) is 6.37. The van der Waals surface area contributed by atoms with Crippen molar-refractivity contribution in [2.75, 3.05) is 25.9 Å². The number of aliphatic imine (C=N–C) groups is 1. The molecule has 1 rings (SSSR count). The van der Waals surface area contributed by atoms with Crippen molar-refractivity contribution in [3.05, 3.63) is 35.4 Å². The molecule has 0 spiro atoms. The highest BCUT2D eigenvalue weighted by molar-refractivity contribution is 14.0. The summed E-state index contributed by atoms with van der Waals surface area (Å²) in [6.07, 6.45) is 1.38. The van der Waals surface area contributed by atoms with Crippen molar-refractivity contribution in [1.29, 1.82) is 0 Å². The molecule has 0 bridgehead atoms. The van der Waals surface area contributed by atoms with Gasteiger partial charge in [0.1, 0.15) is 11.6 Å². The van der Waals surface area contributed by atoms with Gasteiger partial charge in [0.15, 0.2) is 5.96 Å². The Morgan fingerprint density at radius 3 is 2.46 bits per heavy atom. The zero-order chi connectivity index (χ0) is 19.1. The Morgan fingerprint density at radius 1 is 1.23 bits per heavy atom. The summed E-state index contributed by atoms with van der Waals surface area (Å²) in [5, 5.41) is 6.05. The molecule has 0 saturated heterocycles. The van der Waals surface area contributed by atoms with Crippen molar-refractivity contribution < 1.29 is 17.2 Å². The number of nitrogens with zero attached hydrogens (tertiary/aromatic N) is 1. The third kappa shape index (κ3) is 10.2. The first-order chi connectivity index (χ1) is 11.5. The fraction of sp³-hybridized carbons (Fsp3) is 0.562. The molecule has 0 aliphatic rings. The van der Waals surface area contributed by atoms with Gasteiger partial charge < -0.3 is 10.6 Å². The van der Waals surface area contributed by atoms with Crippen LogP contribution in [0.1, 0.15) is 26.3 Å². The number of nitrogens with one attached hydrogen (secondary N) is 3. The van der Waals surface area contributed by atoms with Gasteiger partial charge in [-0.05, 0) is 51.0 Å². The summed E-state index contributed by atoms with van der Waals surface area (Å²) in [7, 11) is -3.34. The van der Waals surface area contributed by atoms with E-state index in [4.69, 9.17) is 0 Å². The van der Waals surface area contributed by atoms with E-state index in [1.807, 2.05) is 6.92 Å². The van der Waals surface area contributed by atoms with E-state index in [0.717, 1.165) is 18.4 Å². The summed E-state index contributed by atoms with van der Waals surface area (Å²) in [5.74, 6) is -0.461. The number of hydrogen-bond donors (Lipinski definition) is 3. The SMILES string of the molecule is CCNC(=NCC(C)(C)NS(C)(=O)=O)NCCc1cc(F)ccc1F.I. The Balaban J connectivity index is 0.00000625. The lowest BCUT2D eigenvalue weighted by Gasteiger charge is -2.23. The number of rotatable bonds is 8. The van der Waals surface area contributed by atoms with Gasteiger partial charge in [0.25, 0.3) is 0 Å². The molecule has 0 unspecified atom stereocenters. The standard InChI is InChI=1S/C16H26F2N4O2S.HI/c1-5-19-15(21-11-16(2,3)22-25(4,23)24)20-9-8-12-10-13(17)6-7-14(12)18;/h6-7,10,22H,5,8-9,11H2,1-4H3,(H2,19,20,21);1H. The molecule has 10 heteroatoms. The van der Waals surface area contributed by atoms with Gasteiger partial charge in [0, 0.05) is 18.6 Å². The summed E-state index contributed by atoms with van der Waals surface area (Å²) in [5.41, 5.74) is -0.465. The van der Waals surface area contributed by atoms with Crippen LogP contribution in [-0.4, -0.2) is 45.8 Å². The number of benzene rings is 1. The highest BCUT2D eigenvalue weighted by Crippen LogP contribution is 2.09. The van der Waals surface area contributed by atoms with Crippen molar-refractivity contribution in [2.45, 2.75) is 32.7 Å². The monoisotopic (exact) mass is 504 g/mol. The molecule has 0 aliphatic carbocycles. The number of guanidine groups is 1. The van der Waals surface area contributed by atoms with Crippen molar-refractivity contribution in [3.63, 3.8) is 0 Å². The molecule has 0 amide bonds. The molecule has 1 aromatic carbocycles. The lowest BCUT2D eigenvalue weighted by Crippen LogP contribution is -2.47. The minimum absolute atomic E-state index is 0. The molecule has 0 atom stereocenters. The van der Waals surface area contributed by atoms with Gasteiger partial charge >= 0.3 is 0 Å². The highest BCUT2D eigenvalue weighted by atomic mass is 127. The van der Waals surface area contributed by atoms with Crippen LogP contribution >= 0.6 is 24.0 Å². The zero-order valence-corrected chi connectivity index (χ0v) is 18.5. The van der Waals surface area contributed by atoms with E-state index < -0.39 is 27.2 Å². The third-order valence-corrected chi connectivity index (χ3v) is 4.06. The maximum absolute atomic E-state index is 13.6. The lowest BCUT2D eigenvalue weighted by atomic mass is 10.1. The van der Waals surface area contributed by atoms with Crippen LogP contribution in [0.15, 0.2) is 23.2 Å². The van der Waals surface area contributed by atoms with Gasteiger partial charge in [-0.3, -0.25) is 4.99 Å². The van der Waals surface area contributed by atoms with Gasteiger partial charge in [0.2, 0.25) is 10.0 Å². The Morgan fingerprint density at radius 2 is 1.88 bits per heavy atom. The molecule has 1 aromatic rings. The molecule has 6 nitrogen and oxygen atoms in total. The van der Waals surface area contributed by atoms with E-state index in [1.165, 1.54) is 6.07 Å². The predicted octanol–water partition coefficient (Wildman–Crippen LogP) is 2.01.